The lowest BCUT2D eigenvalue weighted by Gasteiger charge is -2.32. The summed E-state index contributed by atoms with van der Waals surface area (Å²) in [5.74, 6) is 1.07. The molecule has 3 heterocycles. The molecule has 1 aliphatic heterocycles. The Bertz CT molecular complexity index is 1510. The Hall–Kier alpha value is -3.53. The summed E-state index contributed by atoms with van der Waals surface area (Å²) in [7, 11) is -3.38. The van der Waals surface area contributed by atoms with Crippen molar-refractivity contribution in [3.63, 3.8) is 0 Å². The first kappa shape index (κ1) is 25.1. The van der Waals surface area contributed by atoms with Crippen molar-refractivity contribution in [1.82, 2.24) is 29.4 Å². The van der Waals surface area contributed by atoms with Crippen LogP contribution in [-0.2, 0) is 16.4 Å². The number of sulfone groups is 1. The highest BCUT2D eigenvalue weighted by Gasteiger charge is 2.28. The van der Waals surface area contributed by atoms with Crippen LogP contribution in [0.5, 0.6) is 0 Å². The van der Waals surface area contributed by atoms with Crippen LogP contribution in [0.1, 0.15) is 60.4 Å². The molecule has 0 saturated carbocycles. The fourth-order valence-electron chi connectivity index (χ4n) is 4.93. The van der Waals surface area contributed by atoms with Gasteiger partial charge in [-0.2, -0.15) is 0 Å². The molecule has 1 aliphatic rings. The number of aromatic nitrogens is 5. The van der Waals surface area contributed by atoms with E-state index in [1.54, 1.807) is 18.3 Å². The molecular weight excluding hydrogens is 488 g/mol. The van der Waals surface area contributed by atoms with Gasteiger partial charge in [-0.15, -0.1) is 5.10 Å². The maximum absolute atomic E-state index is 13.2. The Morgan fingerprint density at radius 2 is 1.81 bits per heavy atom. The van der Waals surface area contributed by atoms with Crippen molar-refractivity contribution in [2.75, 3.05) is 18.8 Å². The molecule has 0 radical (unpaired) electrons. The van der Waals surface area contributed by atoms with Crippen molar-refractivity contribution < 1.29 is 13.2 Å². The lowest BCUT2D eigenvalue weighted by Crippen LogP contribution is -2.38. The Balaban J connectivity index is 1.22. The van der Waals surface area contributed by atoms with E-state index in [4.69, 9.17) is 0 Å². The highest BCUT2D eigenvalue weighted by atomic mass is 32.2. The maximum atomic E-state index is 13.2. The first-order valence-corrected chi connectivity index (χ1v) is 14.3. The first-order chi connectivity index (χ1) is 17.7. The lowest BCUT2D eigenvalue weighted by atomic mass is 9.95. The number of amides is 1. The Morgan fingerprint density at radius 3 is 2.51 bits per heavy atom. The molecule has 10 heteroatoms. The number of piperidine rings is 1. The van der Waals surface area contributed by atoms with E-state index in [1.807, 2.05) is 71.4 Å². The lowest BCUT2D eigenvalue weighted by molar-refractivity contribution is 0.0710. The monoisotopic (exact) mass is 520 g/mol. The van der Waals surface area contributed by atoms with Crippen molar-refractivity contribution in [1.29, 1.82) is 0 Å². The van der Waals surface area contributed by atoms with Gasteiger partial charge in [0.15, 0.2) is 9.84 Å². The minimum Gasteiger partial charge on any atom is -0.339 e. The third-order valence-corrected chi connectivity index (χ3v) is 8.79. The quantitative estimate of drug-likeness (QED) is 0.365. The molecule has 0 atom stereocenters. The summed E-state index contributed by atoms with van der Waals surface area (Å²) in [5, 5.41) is 8.43. The van der Waals surface area contributed by atoms with Crippen LogP contribution in [0.2, 0.25) is 0 Å². The van der Waals surface area contributed by atoms with Gasteiger partial charge in [-0.25, -0.2) is 18.1 Å². The van der Waals surface area contributed by atoms with Gasteiger partial charge in [0.05, 0.1) is 16.2 Å². The van der Waals surface area contributed by atoms with Crippen LogP contribution < -0.4 is 0 Å². The Labute approximate surface area is 217 Å². The molecule has 37 heavy (non-hydrogen) atoms. The van der Waals surface area contributed by atoms with Gasteiger partial charge in [-0.1, -0.05) is 22.9 Å². The average Bonchev–Trinajstić information content (AvgIpc) is 3.54. The second-order valence-corrected chi connectivity index (χ2v) is 12.1. The molecule has 2 aromatic carbocycles. The van der Waals surface area contributed by atoms with Crippen LogP contribution in [0.3, 0.4) is 0 Å². The zero-order valence-electron chi connectivity index (χ0n) is 21.4. The summed E-state index contributed by atoms with van der Waals surface area (Å²) in [6, 6.07) is 12.7. The largest absolute Gasteiger partial charge is 0.339 e. The van der Waals surface area contributed by atoms with Crippen molar-refractivity contribution in [2.24, 2.45) is 0 Å². The van der Waals surface area contributed by atoms with Gasteiger partial charge in [0.2, 0.25) is 0 Å². The first-order valence-electron chi connectivity index (χ1n) is 12.7. The Kier molecular flexibility index (Phi) is 6.85. The van der Waals surface area contributed by atoms with Crippen LogP contribution in [0.15, 0.2) is 59.8 Å². The van der Waals surface area contributed by atoms with Gasteiger partial charge < -0.3 is 9.47 Å². The van der Waals surface area contributed by atoms with E-state index in [-0.39, 0.29) is 23.6 Å². The number of carbonyl (C=O) groups excluding carboxylic acids is 1. The molecule has 0 spiro atoms. The summed E-state index contributed by atoms with van der Waals surface area (Å²) < 4.78 is 29.4. The maximum Gasteiger partial charge on any atom is 0.253 e. The highest BCUT2D eigenvalue weighted by molar-refractivity contribution is 7.91. The van der Waals surface area contributed by atoms with Crippen molar-refractivity contribution in [2.45, 2.75) is 57.0 Å². The number of aryl methyl sites for hydroxylation is 2. The average molecular weight is 521 g/mol. The molecule has 1 fully saturated rings. The number of hydrogen-bond acceptors (Lipinski definition) is 6. The molecule has 1 saturated heterocycles. The van der Waals surface area contributed by atoms with Gasteiger partial charge in [0.25, 0.3) is 5.91 Å². The van der Waals surface area contributed by atoms with E-state index in [0.29, 0.717) is 30.1 Å². The normalized spacial score (nSPS) is 15.1. The SMILES string of the molecule is Cc1ccc(S(=O)(=O)CCn2ccnc2C2CCN(C(=O)c3ccc4c(c3)nnn4C(C)C)CC2)cc1. The minimum absolute atomic E-state index is 0.00743. The van der Waals surface area contributed by atoms with Crippen LogP contribution in [-0.4, -0.2) is 62.6 Å². The zero-order chi connectivity index (χ0) is 26.2. The van der Waals surface area contributed by atoms with Crippen molar-refractivity contribution >= 4 is 26.8 Å². The van der Waals surface area contributed by atoms with Gasteiger partial charge in [0.1, 0.15) is 11.3 Å². The summed E-state index contributed by atoms with van der Waals surface area (Å²) in [6.45, 7) is 7.62. The molecular formula is C27H32N6O3S. The van der Waals surface area contributed by atoms with E-state index >= 15 is 0 Å². The second kappa shape index (κ2) is 10.1. The van der Waals surface area contributed by atoms with Crippen LogP contribution in [0.4, 0.5) is 0 Å². The molecule has 4 aromatic rings. The fourth-order valence-corrected chi connectivity index (χ4v) is 6.15. The third-order valence-electron chi connectivity index (χ3n) is 7.08. The van der Waals surface area contributed by atoms with E-state index in [1.165, 1.54) is 0 Å². The predicted molar refractivity (Wildman–Crippen MR) is 141 cm³/mol. The molecule has 0 unspecified atom stereocenters. The molecule has 5 rings (SSSR count). The molecule has 0 aliphatic carbocycles. The molecule has 1 amide bonds. The third kappa shape index (κ3) is 5.16. The van der Waals surface area contributed by atoms with E-state index in [0.717, 1.165) is 35.3 Å². The highest BCUT2D eigenvalue weighted by Crippen LogP contribution is 2.28. The van der Waals surface area contributed by atoms with Crippen LogP contribution in [0.25, 0.3) is 11.0 Å². The number of likely N-dealkylation sites (tertiary alicyclic amines) is 1. The number of hydrogen-bond donors (Lipinski definition) is 0. The minimum atomic E-state index is -3.38. The molecule has 194 valence electrons. The number of rotatable bonds is 7. The smallest absolute Gasteiger partial charge is 0.253 e. The standard InChI is InChI=1S/C27H32N6O3S/c1-19(2)33-25-9-6-22(18-24(25)29-30-33)27(34)32-13-10-21(11-14-32)26-28-12-15-31(26)16-17-37(35,36)23-7-4-20(3)5-8-23/h4-9,12,15,18-19,21H,10-11,13-14,16-17H2,1-3H3. The van der Waals surface area contributed by atoms with Gasteiger partial charge in [-0.3, -0.25) is 4.79 Å². The predicted octanol–water partition coefficient (Wildman–Crippen LogP) is 4.01. The summed E-state index contributed by atoms with van der Waals surface area (Å²) in [6.07, 6.45) is 5.13. The number of carbonyl (C=O) groups is 1. The van der Waals surface area contributed by atoms with Gasteiger partial charge in [0, 0.05) is 49.6 Å². The van der Waals surface area contributed by atoms with E-state index in [9.17, 15) is 13.2 Å². The summed E-state index contributed by atoms with van der Waals surface area (Å²) >= 11 is 0. The second-order valence-electron chi connectivity index (χ2n) is 10.0. The molecule has 9 nitrogen and oxygen atoms in total. The number of imidazole rings is 1. The number of nitrogens with zero attached hydrogens (tertiary/aromatic N) is 6. The summed E-state index contributed by atoms with van der Waals surface area (Å²) in [5.41, 5.74) is 3.28. The zero-order valence-corrected chi connectivity index (χ0v) is 22.2. The van der Waals surface area contributed by atoms with Gasteiger partial charge in [-0.05, 0) is 63.9 Å². The molecule has 2 aromatic heterocycles. The van der Waals surface area contributed by atoms with E-state index < -0.39 is 9.84 Å². The topological polar surface area (TPSA) is 103 Å². The fraction of sp³-hybridized carbons (Fsp3) is 0.407. The van der Waals surface area contributed by atoms with Crippen molar-refractivity contribution in [3.8, 4) is 0 Å². The summed E-state index contributed by atoms with van der Waals surface area (Å²) in [4.78, 5) is 20.0. The van der Waals surface area contributed by atoms with Gasteiger partial charge >= 0.3 is 0 Å². The number of benzene rings is 2. The van der Waals surface area contributed by atoms with Crippen LogP contribution in [0, 0.1) is 6.92 Å². The van der Waals surface area contributed by atoms with E-state index in [2.05, 4.69) is 15.3 Å². The van der Waals surface area contributed by atoms with Crippen molar-refractivity contribution in [3.05, 3.63) is 71.8 Å². The number of fused-ring (bicyclic) bond motifs is 1. The van der Waals surface area contributed by atoms with Crippen LogP contribution >= 0.6 is 0 Å². The Morgan fingerprint density at radius 1 is 1.08 bits per heavy atom. The molecule has 0 bridgehead atoms. The molecule has 0 N–H and O–H groups in total.